The van der Waals surface area contributed by atoms with Crippen molar-refractivity contribution >= 4 is 23.1 Å². The second kappa shape index (κ2) is 6.40. The molecule has 0 spiro atoms. The van der Waals surface area contributed by atoms with Gasteiger partial charge in [-0.15, -0.1) is 0 Å². The third-order valence-electron chi connectivity index (χ3n) is 1.95. The van der Waals surface area contributed by atoms with E-state index in [4.69, 9.17) is 17.0 Å². The van der Waals surface area contributed by atoms with Gasteiger partial charge in [0.2, 0.25) is 0 Å². The molecule has 0 fully saturated rings. The summed E-state index contributed by atoms with van der Waals surface area (Å²) in [5.41, 5.74) is 1.14. The van der Waals surface area contributed by atoms with Crippen LogP contribution >= 0.6 is 12.2 Å². The first-order valence-electron chi connectivity index (χ1n) is 5.11. The maximum absolute atomic E-state index is 5.15. The van der Waals surface area contributed by atoms with E-state index in [9.17, 15) is 0 Å². The summed E-state index contributed by atoms with van der Waals surface area (Å²) in [6.45, 7) is 4.63. The molecular weight excluding hydrogens is 222 g/mol. The molecule has 1 heterocycles. The van der Waals surface area contributed by atoms with Crippen LogP contribution in [0.3, 0.4) is 0 Å². The van der Waals surface area contributed by atoms with Crippen molar-refractivity contribution < 1.29 is 4.74 Å². The smallest absolute Gasteiger partial charge is 0.172 e. The zero-order valence-electron chi connectivity index (χ0n) is 9.78. The van der Waals surface area contributed by atoms with Crippen LogP contribution in [0.1, 0.15) is 12.5 Å². The van der Waals surface area contributed by atoms with E-state index in [-0.39, 0.29) is 6.04 Å². The summed E-state index contributed by atoms with van der Waals surface area (Å²) >= 11 is 5.15. The first-order valence-corrected chi connectivity index (χ1v) is 5.51. The summed E-state index contributed by atoms with van der Waals surface area (Å²) in [6, 6.07) is 4.05. The van der Waals surface area contributed by atoms with Gasteiger partial charge in [0.25, 0.3) is 0 Å². The van der Waals surface area contributed by atoms with Crippen molar-refractivity contribution in [2.75, 3.05) is 19.0 Å². The lowest BCUT2D eigenvalue weighted by atomic mass is 10.3. The van der Waals surface area contributed by atoms with Gasteiger partial charge in [-0.2, -0.15) is 0 Å². The minimum absolute atomic E-state index is 0.176. The van der Waals surface area contributed by atoms with Gasteiger partial charge in [0.05, 0.1) is 6.61 Å². The predicted molar refractivity (Wildman–Crippen MR) is 69.7 cm³/mol. The number of aryl methyl sites for hydroxylation is 1. The molecule has 0 aliphatic heterocycles. The van der Waals surface area contributed by atoms with Crippen molar-refractivity contribution in [3.05, 3.63) is 23.9 Å². The number of nitrogens with zero attached hydrogens (tertiary/aromatic N) is 1. The fourth-order valence-corrected chi connectivity index (χ4v) is 1.58. The van der Waals surface area contributed by atoms with Crippen LogP contribution in [0.2, 0.25) is 0 Å². The number of hydrogen-bond acceptors (Lipinski definition) is 3. The maximum Gasteiger partial charge on any atom is 0.172 e. The molecule has 16 heavy (non-hydrogen) atoms. The summed E-state index contributed by atoms with van der Waals surface area (Å²) in [6.07, 6.45) is 1.75. The molecule has 0 bridgehead atoms. The Labute approximate surface area is 101 Å². The highest BCUT2D eigenvalue weighted by atomic mass is 32.1. The zero-order valence-corrected chi connectivity index (χ0v) is 10.6. The van der Waals surface area contributed by atoms with Crippen molar-refractivity contribution in [1.29, 1.82) is 0 Å². The molecule has 0 unspecified atom stereocenters. The average molecular weight is 239 g/mol. The topological polar surface area (TPSA) is 46.2 Å². The van der Waals surface area contributed by atoms with Crippen LogP contribution in [0.15, 0.2) is 18.3 Å². The van der Waals surface area contributed by atoms with Crippen LogP contribution in [0.25, 0.3) is 0 Å². The number of pyridine rings is 1. The second-order valence-corrected chi connectivity index (χ2v) is 4.08. The molecule has 0 saturated heterocycles. The predicted octanol–water partition coefficient (Wildman–Crippen LogP) is 1.71. The van der Waals surface area contributed by atoms with Crippen molar-refractivity contribution in [1.82, 2.24) is 10.3 Å². The highest BCUT2D eigenvalue weighted by molar-refractivity contribution is 7.80. The van der Waals surface area contributed by atoms with Gasteiger partial charge in [0.15, 0.2) is 5.11 Å². The third-order valence-corrected chi connectivity index (χ3v) is 2.17. The zero-order chi connectivity index (χ0) is 12.0. The van der Waals surface area contributed by atoms with E-state index < -0.39 is 0 Å². The molecule has 0 radical (unpaired) electrons. The lowest BCUT2D eigenvalue weighted by molar-refractivity contribution is 0.179. The largest absolute Gasteiger partial charge is 0.383 e. The minimum atomic E-state index is 0.176. The van der Waals surface area contributed by atoms with Crippen molar-refractivity contribution in [3.63, 3.8) is 0 Å². The standard InChI is InChI=1S/C11H17N3OS/c1-8-4-5-12-10(6-8)14-11(16)13-9(2)7-15-3/h4-6,9H,7H2,1-3H3,(H2,12,13,14,16)/t9-/m0/s1. The van der Waals surface area contributed by atoms with Gasteiger partial charge in [-0.1, -0.05) is 0 Å². The molecule has 0 saturated carbocycles. The molecule has 1 atom stereocenters. The summed E-state index contributed by atoms with van der Waals surface area (Å²) in [5, 5.41) is 6.69. The number of aromatic nitrogens is 1. The summed E-state index contributed by atoms with van der Waals surface area (Å²) < 4.78 is 5.01. The maximum atomic E-state index is 5.15. The Morgan fingerprint density at radius 2 is 2.38 bits per heavy atom. The van der Waals surface area contributed by atoms with Gasteiger partial charge in [-0.3, -0.25) is 0 Å². The molecule has 0 aliphatic carbocycles. The van der Waals surface area contributed by atoms with E-state index in [1.807, 2.05) is 26.0 Å². The SMILES string of the molecule is COC[C@H](C)NC(=S)Nc1cc(C)ccn1. The van der Waals surface area contributed by atoms with Crippen LogP contribution < -0.4 is 10.6 Å². The van der Waals surface area contributed by atoms with E-state index >= 15 is 0 Å². The van der Waals surface area contributed by atoms with Gasteiger partial charge >= 0.3 is 0 Å². The number of rotatable bonds is 4. The summed E-state index contributed by atoms with van der Waals surface area (Å²) in [4.78, 5) is 4.16. The Morgan fingerprint density at radius 1 is 1.62 bits per heavy atom. The second-order valence-electron chi connectivity index (χ2n) is 3.67. The van der Waals surface area contributed by atoms with Crippen LogP contribution in [-0.2, 0) is 4.74 Å². The number of hydrogen-bond donors (Lipinski definition) is 2. The molecule has 4 nitrogen and oxygen atoms in total. The Hall–Kier alpha value is -1.20. The molecule has 5 heteroatoms. The number of anilines is 1. The monoisotopic (exact) mass is 239 g/mol. The van der Waals surface area contributed by atoms with Crippen LogP contribution in [0, 0.1) is 6.92 Å². The Balaban J connectivity index is 2.45. The van der Waals surface area contributed by atoms with Gasteiger partial charge in [-0.25, -0.2) is 4.98 Å². The lowest BCUT2D eigenvalue weighted by Crippen LogP contribution is -2.38. The van der Waals surface area contributed by atoms with E-state index in [1.165, 1.54) is 0 Å². The van der Waals surface area contributed by atoms with Crippen molar-refractivity contribution in [3.8, 4) is 0 Å². The summed E-state index contributed by atoms with van der Waals surface area (Å²) in [5.74, 6) is 0.752. The van der Waals surface area contributed by atoms with E-state index in [0.29, 0.717) is 11.7 Å². The number of ether oxygens (including phenoxy) is 1. The van der Waals surface area contributed by atoms with E-state index in [1.54, 1.807) is 13.3 Å². The Bertz CT molecular complexity index is 357. The minimum Gasteiger partial charge on any atom is -0.383 e. The first kappa shape index (κ1) is 12.9. The van der Waals surface area contributed by atoms with Crippen molar-refractivity contribution in [2.24, 2.45) is 0 Å². The normalized spacial score (nSPS) is 11.9. The average Bonchev–Trinajstić information content (AvgIpc) is 2.17. The van der Waals surface area contributed by atoms with Crippen molar-refractivity contribution in [2.45, 2.75) is 19.9 Å². The van der Waals surface area contributed by atoms with E-state index in [0.717, 1.165) is 11.4 Å². The molecule has 0 aromatic carbocycles. The van der Waals surface area contributed by atoms with Crippen LogP contribution in [0.5, 0.6) is 0 Å². The van der Waals surface area contributed by atoms with Gasteiger partial charge in [0.1, 0.15) is 5.82 Å². The quantitative estimate of drug-likeness (QED) is 0.783. The molecule has 1 aromatic heterocycles. The molecule has 88 valence electrons. The lowest BCUT2D eigenvalue weighted by Gasteiger charge is -2.15. The van der Waals surface area contributed by atoms with Crippen LogP contribution in [0.4, 0.5) is 5.82 Å². The highest BCUT2D eigenvalue weighted by Gasteiger charge is 2.04. The summed E-state index contributed by atoms with van der Waals surface area (Å²) in [7, 11) is 1.66. The molecule has 2 N–H and O–H groups in total. The highest BCUT2D eigenvalue weighted by Crippen LogP contribution is 2.04. The fraction of sp³-hybridized carbons (Fsp3) is 0.455. The van der Waals surface area contributed by atoms with Gasteiger partial charge in [0, 0.05) is 19.3 Å². The first-order chi connectivity index (χ1) is 7.61. The fourth-order valence-electron chi connectivity index (χ4n) is 1.27. The third kappa shape index (κ3) is 4.55. The Kier molecular flexibility index (Phi) is 5.14. The van der Waals surface area contributed by atoms with Gasteiger partial charge in [-0.05, 0) is 43.8 Å². The number of nitrogens with one attached hydrogen (secondary N) is 2. The Morgan fingerprint density at radius 3 is 3.00 bits per heavy atom. The van der Waals surface area contributed by atoms with Crippen LogP contribution in [-0.4, -0.2) is 29.9 Å². The molecule has 0 aliphatic rings. The van der Waals surface area contributed by atoms with Gasteiger partial charge < -0.3 is 15.4 Å². The molecule has 1 rings (SSSR count). The molecule has 0 amide bonds. The van der Waals surface area contributed by atoms with E-state index in [2.05, 4.69) is 15.6 Å². The molecular formula is C11H17N3OS. The number of methoxy groups -OCH3 is 1. The number of thiocarbonyl (C=S) groups is 1. The molecule has 1 aromatic rings.